The summed E-state index contributed by atoms with van der Waals surface area (Å²) in [6.07, 6.45) is 1.52. The molecule has 1 aromatic carbocycles. The van der Waals surface area contributed by atoms with Crippen LogP contribution >= 0.6 is 39.0 Å². The Kier molecular flexibility index (Phi) is 5.93. The van der Waals surface area contributed by atoms with Crippen LogP contribution in [0.4, 0.5) is 6.01 Å². The van der Waals surface area contributed by atoms with Crippen LogP contribution in [0.15, 0.2) is 50.6 Å². The number of benzene rings is 1. The van der Waals surface area contributed by atoms with Crippen molar-refractivity contribution in [1.82, 2.24) is 20.2 Å². The predicted octanol–water partition coefficient (Wildman–Crippen LogP) is 5.36. The minimum absolute atomic E-state index is 0.107. The first-order valence-corrected chi connectivity index (χ1v) is 11.4. The molecule has 10 heteroatoms. The fourth-order valence-corrected chi connectivity index (χ4v) is 4.76. The van der Waals surface area contributed by atoms with E-state index in [4.69, 9.17) is 4.42 Å². The number of aromatic nitrogens is 4. The molecule has 0 aliphatic carbocycles. The second-order valence-electron chi connectivity index (χ2n) is 6.45. The van der Waals surface area contributed by atoms with Crippen LogP contribution in [-0.4, -0.2) is 31.8 Å². The van der Waals surface area contributed by atoms with Gasteiger partial charge >= 0.3 is 6.01 Å². The normalized spacial score (nSPS) is 11.3. The Bertz CT molecular complexity index is 1160. The van der Waals surface area contributed by atoms with Crippen LogP contribution in [0.3, 0.4) is 0 Å². The predicted molar refractivity (Wildman–Crippen MR) is 118 cm³/mol. The van der Waals surface area contributed by atoms with Crippen molar-refractivity contribution in [3.05, 3.63) is 47.0 Å². The van der Waals surface area contributed by atoms with Crippen LogP contribution in [0.2, 0.25) is 0 Å². The van der Waals surface area contributed by atoms with Gasteiger partial charge in [-0.1, -0.05) is 58.8 Å². The number of nitrogens with one attached hydrogen (secondary N) is 1. The molecule has 4 aromatic rings. The first kappa shape index (κ1) is 20.0. The Morgan fingerprint density at radius 2 is 2.03 bits per heavy atom. The van der Waals surface area contributed by atoms with Crippen LogP contribution < -0.4 is 5.32 Å². The molecule has 0 unspecified atom stereocenters. The number of thioether (sulfide) groups is 1. The van der Waals surface area contributed by atoms with Crippen molar-refractivity contribution in [2.24, 2.45) is 0 Å². The van der Waals surface area contributed by atoms with Crippen molar-refractivity contribution in [1.29, 1.82) is 0 Å². The average Bonchev–Trinajstić information content (AvgIpc) is 3.34. The zero-order chi connectivity index (χ0) is 20.4. The summed E-state index contributed by atoms with van der Waals surface area (Å²) >= 11 is 6.42. The number of thiophene rings is 1. The smallest absolute Gasteiger partial charge is 0.322 e. The topological polar surface area (TPSA) is 93.8 Å². The standard InChI is InChI=1S/C19H16BrN5O2S2/c1-10(2)17-24-25-19(27-17)23-15(26)8-28-18-16-13(21-9-22-18)7-14(29-16)11-3-5-12(20)6-4-11/h3-7,9-10H,8H2,1-2H3,(H,23,25,26). The van der Waals surface area contributed by atoms with Crippen LogP contribution in [-0.2, 0) is 4.79 Å². The van der Waals surface area contributed by atoms with Gasteiger partial charge in [0.15, 0.2) is 0 Å². The number of rotatable bonds is 6. The quantitative estimate of drug-likeness (QED) is 0.287. The molecule has 3 aromatic heterocycles. The lowest BCUT2D eigenvalue weighted by Crippen LogP contribution is -2.14. The fourth-order valence-electron chi connectivity index (χ4n) is 2.50. The van der Waals surface area contributed by atoms with Crippen molar-refractivity contribution >= 4 is 61.2 Å². The molecule has 0 fully saturated rings. The van der Waals surface area contributed by atoms with Crippen molar-refractivity contribution in [3.8, 4) is 10.4 Å². The highest BCUT2D eigenvalue weighted by Crippen LogP contribution is 2.37. The van der Waals surface area contributed by atoms with Gasteiger partial charge in [-0.3, -0.25) is 10.1 Å². The Morgan fingerprint density at radius 1 is 1.24 bits per heavy atom. The van der Waals surface area contributed by atoms with E-state index in [1.807, 2.05) is 32.0 Å². The molecule has 0 atom stereocenters. The molecule has 7 nitrogen and oxygen atoms in total. The molecule has 148 valence electrons. The van der Waals surface area contributed by atoms with Gasteiger partial charge in [0.05, 0.1) is 16.0 Å². The maximum atomic E-state index is 12.3. The minimum atomic E-state index is -0.231. The summed E-state index contributed by atoms with van der Waals surface area (Å²) in [4.78, 5) is 22.1. The highest BCUT2D eigenvalue weighted by Gasteiger charge is 2.15. The molecule has 3 heterocycles. The van der Waals surface area contributed by atoms with Gasteiger partial charge in [-0.05, 0) is 23.8 Å². The maximum Gasteiger partial charge on any atom is 0.322 e. The highest BCUT2D eigenvalue weighted by molar-refractivity contribution is 9.10. The van der Waals surface area contributed by atoms with E-state index in [1.165, 1.54) is 18.1 Å². The van der Waals surface area contributed by atoms with Gasteiger partial charge in [-0.15, -0.1) is 16.4 Å². The number of amides is 1. The summed E-state index contributed by atoms with van der Waals surface area (Å²) < 4.78 is 7.40. The summed E-state index contributed by atoms with van der Waals surface area (Å²) in [6.45, 7) is 3.89. The van der Waals surface area contributed by atoms with E-state index in [1.54, 1.807) is 11.3 Å². The number of hydrogen-bond acceptors (Lipinski definition) is 8. The highest BCUT2D eigenvalue weighted by atomic mass is 79.9. The molecular weight excluding hydrogens is 474 g/mol. The van der Waals surface area contributed by atoms with Gasteiger partial charge in [-0.2, -0.15) is 0 Å². The molecule has 29 heavy (non-hydrogen) atoms. The Morgan fingerprint density at radius 3 is 2.76 bits per heavy atom. The van der Waals surface area contributed by atoms with E-state index < -0.39 is 0 Å². The van der Waals surface area contributed by atoms with E-state index in [0.717, 1.165) is 30.2 Å². The molecular formula is C19H16BrN5O2S2. The van der Waals surface area contributed by atoms with Gasteiger partial charge in [0.25, 0.3) is 0 Å². The third kappa shape index (κ3) is 4.65. The molecule has 0 aliphatic heterocycles. The van der Waals surface area contributed by atoms with Crippen LogP contribution in [0.25, 0.3) is 20.7 Å². The largest absolute Gasteiger partial charge is 0.408 e. The number of carbonyl (C=O) groups is 1. The first-order valence-electron chi connectivity index (χ1n) is 8.76. The molecule has 1 amide bonds. The molecule has 0 spiro atoms. The maximum absolute atomic E-state index is 12.3. The molecule has 4 rings (SSSR count). The van der Waals surface area contributed by atoms with Crippen LogP contribution in [0, 0.1) is 0 Å². The van der Waals surface area contributed by atoms with E-state index in [2.05, 4.69) is 53.5 Å². The lowest BCUT2D eigenvalue weighted by atomic mass is 10.2. The molecule has 0 bridgehead atoms. The summed E-state index contributed by atoms with van der Waals surface area (Å²) in [5.41, 5.74) is 1.98. The van der Waals surface area contributed by atoms with Crippen molar-refractivity contribution < 1.29 is 9.21 Å². The number of fused-ring (bicyclic) bond motifs is 1. The minimum Gasteiger partial charge on any atom is -0.408 e. The molecule has 0 radical (unpaired) electrons. The number of anilines is 1. The lowest BCUT2D eigenvalue weighted by Gasteiger charge is -2.02. The molecule has 0 aliphatic rings. The van der Waals surface area contributed by atoms with Gasteiger partial charge < -0.3 is 4.42 Å². The molecule has 0 saturated carbocycles. The van der Waals surface area contributed by atoms with Crippen molar-refractivity contribution in [3.63, 3.8) is 0 Å². The van der Waals surface area contributed by atoms with E-state index in [0.29, 0.717) is 5.89 Å². The third-order valence-electron chi connectivity index (χ3n) is 3.93. The average molecular weight is 490 g/mol. The van der Waals surface area contributed by atoms with E-state index >= 15 is 0 Å². The van der Waals surface area contributed by atoms with E-state index in [9.17, 15) is 4.79 Å². The summed E-state index contributed by atoms with van der Waals surface area (Å²) in [6, 6.07) is 10.3. The van der Waals surface area contributed by atoms with Crippen LogP contribution in [0.5, 0.6) is 0 Å². The zero-order valence-electron chi connectivity index (χ0n) is 15.5. The number of halogens is 1. The van der Waals surface area contributed by atoms with Gasteiger partial charge in [-0.25, -0.2) is 9.97 Å². The third-order valence-corrected chi connectivity index (χ3v) is 6.76. The second kappa shape index (κ2) is 8.60. The van der Waals surface area contributed by atoms with Gasteiger partial charge in [0.1, 0.15) is 11.4 Å². The summed E-state index contributed by atoms with van der Waals surface area (Å²) in [7, 11) is 0. The van der Waals surface area contributed by atoms with E-state index in [-0.39, 0.29) is 23.6 Å². The van der Waals surface area contributed by atoms with Gasteiger partial charge in [0, 0.05) is 15.3 Å². The van der Waals surface area contributed by atoms with Crippen LogP contribution in [0.1, 0.15) is 25.7 Å². The monoisotopic (exact) mass is 489 g/mol. The Hall–Kier alpha value is -2.30. The first-order chi connectivity index (χ1) is 14.0. The SMILES string of the molecule is CC(C)c1nnc(NC(=O)CSc2ncnc3cc(-c4ccc(Br)cc4)sc23)o1. The number of nitrogens with zero attached hydrogens (tertiary/aromatic N) is 4. The summed E-state index contributed by atoms with van der Waals surface area (Å²) in [5, 5.41) is 11.1. The lowest BCUT2D eigenvalue weighted by molar-refractivity contribution is -0.113. The Labute approximate surface area is 183 Å². The number of hydrogen-bond donors (Lipinski definition) is 1. The second-order valence-corrected chi connectivity index (χ2v) is 9.38. The Balaban J connectivity index is 1.47. The molecule has 1 N–H and O–H groups in total. The summed E-state index contributed by atoms with van der Waals surface area (Å²) in [5.74, 6) is 0.544. The zero-order valence-corrected chi connectivity index (χ0v) is 18.8. The molecule has 0 saturated heterocycles. The van der Waals surface area contributed by atoms with Crippen molar-refractivity contribution in [2.45, 2.75) is 24.8 Å². The fraction of sp³-hybridized carbons (Fsp3) is 0.211. The van der Waals surface area contributed by atoms with Crippen molar-refractivity contribution in [2.75, 3.05) is 11.1 Å². The number of carbonyl (C=O) groups excluding carboxylic acids is 1. The van der Waals surface area contributed by atoms with Gasteiger partial charge in [0.2, 0.25) is 11.8 Å².